The first-order valence-electron chi connectivity index (χ1n) is 9.98. The molecule has 0 saturated carbocycles. The van der Waals surface area contributed by atoms with Gasteiger partial charge >= 0.3 is 0 Å². The summed E-state index contributed by atoms with van der Waals surface area (Å²) in [6.07, 6.45) is 7.42. The summed E-state index contributed by atoms with van der Waals surface area (Å²) in [5.74, 6) is 0.114. The Morgan fingerprint density at radius 1 is 0.871 bits per heavy atom. The highest BCUT2D eigenvalue weighted by Crippen LogP contribution is 2.31. The summed E-state index contributed by atoms with van der Waals surface area (Å²) in [7, 11) is 0. The highest BCUT2D eigenvalue weighted by Gasteiger charge is 2.18. The van der Waals surface area contributed by atoms with E-state index in [4.69, 9.17) is 4.99 Å². The van der Waals surface area contributed by atoms with Gasteiger partial charge in [-0.2, -0.15) is 0 Å². The average molecular weight is 404 g/mol. The molecule has 31 heavy (non-hydrogen) atoms. The Hall–Kier alpha value is -4.38. The number of aromatic amines is 2. The number of H-pyrrole nitrogens is 2. The van der Waals surface area contributed by atoms with Crippen molar-refractivity contribution in [2.24, 2.45) is 4.99 Å². The van der Waals surface area contributed by atoms with Crippen molar-refractivity contribution in [1.29, 1.82) is 0 Å². The molecule has 5 nitrogen and oxygen atoms in total. The number of rotatable bonds is 5. The van der Waals surface area contributed by atoms with E-state index in [-0.39, 0.29) is 5.88 Å². The maximum atomic E-state index is 10.7. The minimum Gasteiger partial charge on any atom is -0.494 e. The molecule has 2 aromatic heterocycles. The van der Waals surface area contributed by atoms with E-state index in [2.05, 4.69) is 15.0 Å². The lowest BCUT2D eigenvalue weighted by Crippen LogP contribution is -2.02. The molecule has 0 aliphatic rings. The fraction of sp³-hybridized carbons (Fsp3) is 0. The number of aromatic nitrogens is 3. The number of imidazole rings is 1. The van der Waals surface area contributed by atoms with Gasteiger partial charge in [-0.1, -0.05) is 66.7 Å². The van der Waals surface area contributed by atoms with Gasteiger partial charge in [-0.3, -0.25) is 0 Å². The molecule has 0 spiro atoms. The Morgan fingerprint density at radius 3 is 2.42 bits per heavy atom. The molecule has 5 heteroatoms. The van der Waals surface area contributed by atoms with Crippen LogP contribution in [0.2, 0.25) is 0 Å². The van der Waals surface area contributed by atoms with Gasteiger partial charge in [0.2, 0.25) is 0 Å². The van der Waals surface area contributed by atoms with Crippen LogP contribution in [0.15, 0.2) is 96.4 Å². The molecule has 0 unspecified atom stereocenters. The van der Waals surface area contributed by atoms with E-state index in [1.165, 1.54) is 0 Å². The van der Waals surface area contributed by atoms with Gasteiger partial charge in [0.1, 0.15) is 0 Å². The number of aromatic hydroxyl groups is 1. The van der Waals surface area contributed by atoms with Crippen LogP contribution in [0.3, 0.4) is 0 Å². The summed E-state index contributed by atoms with van der Waals surface area (Å²) in [5.41, 5.74) is 6.04. The molecule has 3 N–H and O–H groups in total. The number of nitrogens with zero attached hydrogens (tertiary/aromatic N) is 2. The Balaban J connectivity index is 1.57. The quantitative estimate of drug-likeness (QED) is 0.317. The first kappa shape index (κ1) is 18.6. The molecular formula is C26H20N4O. The van der Waals surface area contributed by atoms with Crippen LogP contribution in [0, 0.1) is 0 Å². The monoisotopic (exact) mass is 404 g/mol. The van der Waals surface area contributed by atoms with Gasteiger partial charge in [0.15, 0.2) is 5.88 Å². The third kappa shape index (κ3) is 3.89. The minimum atomic E-state index is 0.114. The number of hydrogen-bond donors (Lipinski definition) is 3. The third-order valence-corrected chi connectivity index (χ3v) is 5.08. The molecule has 0 aliphatic carbocycles. The summed E-state index contributed by atoms with van der Waals surface area (Å²) in [4.78, 5) is 15.1. The Labute approximate surface area is 179 Å². The van der Waals surface area contributed by atoms with Gasteiger partial charge in [-0.25, -0.2) is 9.98 Å². The van der Waals surface area contributed by atoms with Gasteiger partial charge in [-0.15, -0.1) is 0 Å². The molecule has 0 atom stereocenters. The van der Waals surface area contributed by atoms with Gasteiger partial charge in [-0.05, 0) is 29.8 Å². The van der Waals surface area contributed by atoms with Crippen LogP contribution in [0.5, 0.6) is 5.88 Å². The molecule has 0 fully saturated rings. The number of nitrogens with one attached hydrogen (secondary N) is 2. The van der Waals surface area contributed by atoms with Crippen molar-refractivity contribution in [3.05, 3.63) is 114 Å². The van der Waals surface area contributed by atoms with E-state index >= 15 is 0 Å². The highest BCUT2D eigenvalue weighted by atomic mass is 16.3. The smallest absolute Gasteiger partial charge is 0.199 e. The zero-order chi connectivity index (χ0) is 21.0. The van der Waals surface area contributed by atoms with Crippen molar-refractivity contribution in [2.75, 3.05) is 0 Å². The van der Waals surface area contributed by atoms with Crippen LogP contribution < -0.4 is 0 Å². The number of fused-ring (bicyclic) bond motifs is 1. The van der Waals surface area contributed by atoms with Crippen molar-refractivity contribution >= 4 is 34.5 Å². The molecule has 2 heterocycles. The highest BCUT2D eigenvalue weighted by molar-refractivity contribution is 6.21. The summed E-state index contributed by atoms with van der Waals surface area (Å²) in [5, 5.41) is 11.6. The summed E-state index contributed by atoms with van der Waals surface area (Å²) >= 11 is 0. The second-order valence-electron chi connectivity index (χ2n) is 7.15. The summed E-state index contributed by atoms with van der Waals surface area (Å²) in [6, 6.07) is 25.7. The zero-order valence-corrected chi connectivity index (χ0v) is 16.7. The molecule has 0 amide bonds. The average Bonchev–Trinajstić information content (AvgIpc) is 3.45. The van der Waals surface area contributed by atoms with E-state index < -0.39 is 0 Å². The zero-order valence-electron chi connectivity index (χ0n) is 16.7. The van der Waals surface area contributed by atoms with E-state index in [1.54, 1.807) is 12.5 Å². The van der Waals surface area contributed by atoms with E-state index in [9.17, 15) is 5.11 Å². The Morgan fingerprint density at radius 2 is 1.65 bits per heavy atom. The van der Waals surface area contributed by atoms with Crippen molar-refractivity contribution in [3.8, 4) is 5.88 Å². The largest absolute Gasteiger partial charge is 0.494 e. The van der Waals surface area contributed by atoms with Gasteiger partial charge in [0.05, 0.1) is 35.2 Å². The SMILES string of the molecule is Oc1[nH]c2ccccc2c1C(=Nc1ccc(/C=C/c2cnc[nH]2)cc1)c1ccccc1. The first-order valence-corrected chi connectivity index (χ1v) is 9.98. The fourth-order valence-corrected chi connectivity index (χ4v) is 3.56. The second kappa shape index (κ2) is 8.16. The summed E-state index contributed by atoms with van der Waals surface area (Å²) in [6.45, 7) is 0. The predicted molar refractivity (Wildman–Crippen MR) is 126 cm³/mol. The molecular weight excluding hydrogens is 384 g/mol. The number of para-hydroxylation sites is 1. The Bertz CT molecular complexity index is 1360. The van der Waals surface area contributed by atoms with E-state index in [0.717, 1.165) is 39.1 Å². The normalized spacial score (nSPS) is 12.1. The number of hydrogen-bond acceptors (Lipinski definition) is 3. The van der Waals surface area contributed by atoms with Crippen molar-refractivity contribution in [3.63, 3.8) is 0 Å². The van der Waals surface area contributed by atoms with E-state index in [1.807, 2.05) is 91.0 Å². The van der Waals surface area contributed by atoms with Gasteiger partial charge in [0.25, 0.3) is 0 Å². The molecule has 150 valence electrons. The topological polar surface area (TPSA) is 77.1 Å². The predicted octanol–water partition coefficient (Wildman–Crippen LogP) is 5.94. The lowest BCUT2D eigenvalue weighted by atomic mass is 10.0. The number of aliphatic imine (C=N–C) groups is 1. The van der Waals surface area contributed by atoms with Crippen LogP contribution in [-0.4, -0.2) is 25.8 Å². The molecule has 3 aromatic carbocycles. The van der Waals surface area contributed by atoms with E-state index in [0.29, 0.717) is 5.56 Å². The van der Waals surface area contributed by atoms with Crippen molar-refractivity contribution in [2.45, 2.75) is 0 Å². The molecule has 0 bridgehead atoms. The van der Waals surface area contributed by atoms with Gasteiger partial charge < -0.3 is 15.1 Å². The van der Waals surface area contributed by atoms with Crippen LogP contribution in [0.4, 0.5) is 5.69 Å². The third-order valence-electron chi connectivity index (χ3n) is 5.08. The summed E-state index contributed by atoms with van der Waals surface area (Å²) < 4.78 is 0. The standard InChI is InChI=1S/C26H20N4O/c31-26-24(22-8-4-5-9-23(22)30-26)25(19-6-2-1-3-7-19)29-20-13-10-18(11-14-20)12-15-21-16-27-17-28-21/h1-17,30-31H,(H,27,28)/b15-12+,29-25?. The van der Waals surface area contributed by atoms with Crippen LogP contribution in [-0.2, 0) is 0 Å². The Kier molecular flexibility index (Phi) is 4.91. The van der Waals surface area contributed by atoms with Crippen molar-refractivity contribution < 1.29 is 5.11 Å². The molecule has 0 radical (unpaired) electrons. The lowest BCUT2D eigenvalue weighted by Gasteiger charge is -2.08. The van der Waals surface area contributed by atoms with Crippen LogP contribution in [0.25, 0.3) is 23.1 Å². The molecule has 5 aromatic rings. The van der Waals surface area contributed by atoms with Gasteiger partial charge in [0, 0.05) is 16.5 Å². The maximum absolute atomic E-state index is 10.7. The van der Waals surface area contributed by atoms with Crippen LogP contribution in [0.1, 0.15) is 22.4 Å². The molecule has 0 saturated heterocycles. The minimum absolute atomic E-state index is 0.114. The molecule has 0 aliphatic heterocycles. The van der Waals surface area contributed by atoms with Crippen LogP contribution >= 0.6 is 0 Å². The van der Waals surface area contributed by atoms with Crippen molar-refractivity contribution in [1.82, 2.24) is 15.0 Å². The first-order chi connectivity index (χ1) is 15.3. The maximum Gasteiger partial charge on any atom is 0.199 e. The second-order valence-corrected chi connectivity index (χ2v) is 7.15. The lowest BCUT2D eigenvalue weighted by molar-refractivity contribution is 0.457. The fourth-order valence-electron chi connectivity index (χ4n) is 3.56. The number of benzene rings is 3. The molecule has 5 rings (SSSR count).